The Bertz CT molecular complexity index is 3330. The van der Waals surface area contributed by atoms with Gasteiger partial charge in [0.15, 0.2) is 0 Å². The Labute approximate surface area is 356 Å². The highest BCUT2D eigenvalue weighted by molar-refractivity contribution is 6.26. The van der Waals surface area contributed by atoms with Crippen molar-refractivity contribution < 1.29 is 4.74 Å². The van der Waals surface area contributed by atoms with Crippen LogP contribution in [-0.4, -0.2) is 0 Å². The van der Waals surface area contributed by atoms with E-state index in [4.69, 9.17) is 4.74 Å². The zero-order valence-corrected chi connectivity index (χ0v) is 35.1. The number of para-hydroxylation sites is 2. The Hall–Kier alpha value is -7.86. The molecule has 0 fully saturated rings. The summed E-state index contributed by atoms with van der Waals surface area (Å²) in [7, 11) is 0. The third kappa shape index (κ3) is 6.14. The molecule has 0 unspecified atom stereocenters. The van der Waals surface area contributed by atoms with E-state index in [-0.39, 0.29) is 0 Å². The summed E-state index contributed by atoms with van der Waals surface area (Å²) in [5.74, 6) is 1.62. The molecule has 292 valence electrons. The lowest BCUT2D eigenvalue weighted by Gasteiger charge is -2.31. The van der Waals surface area contributed by atoms with Gasteiger partial charge in [-0.25, -0.2) is 0 Å². The Balaban J connectivity index is 1.24. The van der Waals surface area contributed by atoms with Crippen molar-refractivity contribution in [3.05, 3.63) is 190 Å². The molecule has 0 radical (unpaired) electrons. The fourth-order valence-electron chi connectivity index (χ4n) is 9.63. The van der Waals surface area contributed by atoms with Crippen LogP contribution in [0.25, 0.3) is 43.4 Å². The number of aryl methyl sites for hydroxylation is 6. The van der Waals surface area contributed by atoms with Gasteiger partial charge in [0.25, 0.3) is 0 Å². The standard InChI is InChI=1S/C56H42N4O/c1-33-17-19-44-46(21-33)47-29-50-45-20-18-43(59(41-13-9-7-10-14-41)55-35(3)24-39(31-57)25-36(55)4)28-52(45)61-53-23-34(2)22-49(54(50)53)48(47)30-51(44)60(42-15-11-8-12-16-42)56-37(5)26-40(32-58)27-38(56)6/h7-30H,1-6H3. The van der Waals surface area contributed by atoms with Crippen LogP contribution in [0.4, 0.5) is 34.1 Å². The van der Waals surface area contributed by atoms with Crippen LogP contribution in [-0.2, 0) is 0 Å². The molecule has 0 amide bonds. The van der Waals surface area contributed by atoms with E-state index < -0.39 is 0 Å². The Morgan fingerprint density at radius 1 is 0.410 bits per heavy atom. The summed E-state index contributed by atoms with van der Waals surface area (Å²) < 4.78 is 7.01. The minimum absolute atomic E-state index is 0.648. The van der Waals surface area contributed by atoms with E-state index in [1.807, 2.05) is 30.3 Å². The molecule has 1 aliphatic heterocycles. The van der Waals surface area contributed by atoms with Gasteiger partial charge in [-0.15, -0.1) is 0 Å². The van der Waals surface area contributed by atoms with E-state index in [9.17, 15) is 10.5 Å². The second-order valence-electron chi connectivity index (χ2n) is 16.4. The molecule has 1 heterocycles. The van der Waals surface area contributed by atoms with Crippen LogP contribution in [0.15, 0.2) is 146 Å². The van der Waals surface area contributed by atoms with Crippen molar-refractivity contribution in [1.82, 2.24) is 0 Å². The van der Waals surface area contributed by atoms with Crippen LogP contribution >= 0.6 is 0 Å². The van der Waals surface area contributed by atoms with Crippen molar-refractivity contribution in [1.29, 1.82) is 10.5 Å². The number of fused-ring (bicyclic) bond motifs is 6. The number of ether oxygens (including phenoxy) is 1. The summed E-state index contributed by atoms with van der Waals surface area (Å²) in [5.41, 5.74) is 16.1. The smallest absolute Gasteiger partial charge is 0.137 e. The molecule has 9 aromatic rings. The molecule has 5 heteroatoms. The van der Waals surface area contributed by atoms with Gasteiger partial charge in [0.2, 0.25) is 0 Å². The summed E-state index contributed by atoms with van der Waals surface area (Å²) in [6.45, 7) is 12.6. The van der Waals surface area contributed by atoms with Crippen LogP contribution in [0.5, 0.6) is 11.5 Å². The van der Waals surface area contributed by atoms with Gasteiger partial charge in [0, 0.05) is 39.5 Å². The molecular weight excluding hydrogens is 745 g/mol. The second kappa shape index (κ2) is 14.5. The first-order chi connectivity index (χ1) is 29.6. The summed E-state index contributed by atoms with van der Waals surface area (Å²) in [5, 5.41) is 26.5. The van der Waals surface area contributed by atoms with Gasteiger partial charge in [-0.05, 0) is 175 Å². The second-order valence-corrected chi connectivity index (χ2v) is 16.4. The van der Waals surface area contributed by atoms with Crippen LogP contribution in [0.3, 0.4) is 0 Å². The minimum atomic E-state index is 0.648. The third-order valence-electron chi connectivity index (χ3n) is 12.1. The van der Waals surface area contributed by atoms with Gasteiger partial charge in [-0.3, -0.25) is 0 Å². The van der Waals surface area contributed by atoms with Crippen LogP contribution < -0.4 is 14.5 Å². The van der Waals surface area contributed by atoms with E-state index in [1.54, 1.807) is 0 Å². The normalized spacial score (nSPS) is 11.5. The maximum Gasteiger partial charge on any atom is 0.137 e. The van der Waals surface area contributed by atoms with Crippen molar-refractivity contribution in [3.63, 3.8) is 0 Å². The molecule has 0 aromatic heterocycles. The molecular formula is C56H42N4O. The predicted octanol–water partition coefficient (Wildman–Crippen LogP) is 15.5. The molecule has 0 saturated carbocycles. The zero-order chi connectivity index (χ0) is 42.1. The van der Waals surface area contributed by atoms with Gasteiger partial charge < -0.3 is 14.5 Å². The first-order valence-electron chi connectivity index (χ1n) is 20.6. The third-order valence-corrected chi connectivity index (χ3v) is 12.1. The maximum atomic E-state index is 9.87. The van der Waals surface area contributed by atoms with Crippen molar-refractivity contribution in [3.8, 4) is 34.8 Å². The number of hydrogen-bond donors (Lipinski definition) is 0. The molecule has 0 bridgehead atoms. The Morgan fingerprint density at radius 2 is 0.951 bits per heavy atom. The summed E-state index contributed by atoms with van der Waals surface area (Å²) in [6, 6.07) is 56.0. The average Bonchev–Trinajstić information content (AvgIpc) is 3.26. The lowest BCUT2D eigenvalue weighted by molar-refractivity contribution is 0.487. The minimum Gasteiger partial charge on any atom is -0.456 e. The average molecular weight is 787 g/mol. The van der Waals surface area contributed by atoms with Gasteiger partial charge >= 0.3 is 0 Å². The fourth-order valence-corrected chi connectivity index (χ4v) is 9.63. The maximum absolute atomic E-state index is 9.87. The largest absolute Gasteiger partial charge is 0.456 e. The fraction of sp³-hybridized carbons (Fsp3) is 0.107. The first-order valence-corrected chi connectivity index (χ1v) is 20.6. The summed E-state index contributed by atoms with van der Waals surface area (Å²) in [6.07, 6.45) is 0. The highest BCUT2D eigenvalue weighted by Crippen LogP contribution is 2.54. The van der Waals surface area contributed by atoms with E-state index in [0.29, 0.717) is 11.1 Å². The van der Waals surface area contributed by atoms with Gasteiger partial charge in [-0.1, -0.05) is 66.2 Å². The Kier molecular flexibility index (Phi) is 8.86. The van der Waals surface area contributed by atoms with Crippen molar-refractivity contribution in [2.24, 2.45) is 0 Å². The number of rotatable bonds is 6. The molecule has 9 aromatic carbocycles. The van der Waals surface area contributed by atoms with Crippen LogP contribution in [0.2, 0.25) is 0 Å². The molecule has 0 aliphatic carbocycles. The molecule has 61 heavy (non-hydrogen) atoms. The number of nitrogens with zero attached hydrogens (tertiary/aromatic N) is 4. The number of benzene rings is 9. The van der Waals surface area contributed by atoms with E-state index >= 15 is 0 Å². The van der Waals surface area contributed by atoms with Crippen LogP contribution in [0, 0.1) is 64.2 Å². The zero-order valence-electron chi connectivity index (χ0n) is 35.1. The topological polar surface area (TPSA) is 63.3 Å². The lowest BCUT2D eigenvalue weighted by Crippen LogP contribution is -2.14. The number of nitriles is 2. The summed E-state index contributed by atoms with van der Waals surface area (Å²) >= 11 is 0. The summed E-state index contributed by atoms with van der Waals surface area (Å²) in [4.78, 5) is 4.64. The van der Waals surface area contributed by atoms with Crippen molar-refractivity contribution in [2.45, 2.75) is 41.5 Å². The van der Waals surface area contributed by atoms with E-state index in [2.05, 4.69) is 179 Å². The molecule has 10 rings (SSSR count). The van der Waals surface area contributed by atoms with Crippen molar-refractivity contribution >= 4 is 66.4 Å². The molecule has 0 spiro atoms. The molecule has 1 aliphatic rings. The Morgan fingerprint density at radius 3 is 1.56 bits per heavy atom. The SMILES string of the molecule is Cc1ccc2c(N(c3ccccc3)c3c(C)cc(C#N)cc3C)cc3c4cc(C)cc5c4c(cc3c2c1)-c1ccc(N(c2ccccc2)c2c(C)cc(C#N)cc2C)cc1O5. The van der Waals surface area contributed by atoms with E-state index in [0.717, 1.165) is 106 Å². The van der Waals surface area contributed by atoms with Crippen molar-refractivity contribution in [2.75, 3.05) is 9.80 Å². The van der Waals surface area contributed by atoms with Gasteiger partial charge in [0.05, 0.1) is 40.3 Å². The van der Waals surface area contributed by atoms with Gasteiger partial charge in [-0.2, -0.15) is 10.5 Å². The molecule has 0 atom stereocenters. The highest BCUT2D eigenvalue weighted by Gasteiger charge is 2.28. The highest BCUT2D eigenvalue weighted by atomic mass is 16.5. The molecule has 5 nitrogen and oxygen atoms in total. The monoisotopic (exact) mass is 786 g/mol. The lowest BCUT2D eigenvalue weighted by atomic mass is 9.87. The van der Waals surface area contributed by atoms with Gasteiger partial charge in [0.1, 0.15) is 11.5 Å². The first kappa shape index (κ1) is 37.4. The van der Waals surface area contributed by atoms with E-state index in [1.165, 1.54) is 16.3 Å². The number of anilines is 6. The number of hydrogen-bond acceptors (Lipinski definition) is 5. The molecule has 0 N–H and O–H groups in total. The quantitative estimate of drug-likeness (QED) is 0.157. The predicted molar refractivity (Wildman–Crippen MR) is 252 cm³/mol. The molecule has 0 saturated heterocycles. The van der Waals surface area contributed by atoms with Crippen LogP contribution in [0.1, 0.15) is 44.5 Å².